The first-order valence-corrected chi connectivity index (χ1v) is 6.69. The molecule has 2 N–H and O–H groups in total. The second-order valence-electron chi connectivity index (χ2n) is 5.00. The van der Waals surface area contributed by atoms with E-state index >= 15 is 0 Å². The molecule has 1 aromatic carbocycles. The molecular weight excluding hydrogens is 238 g/mol. The topological polar surface area (TPSA) is 54.2 Å². The van der Waals surface area contributed by atoms with E-state index in [9.17, 15) is 0 Å². The molecule has 0 radical (unpaired) electrons. The lowest BCUT2D eigenvalue weighted by atomic mass is 10.2. The molecule has 3 rings (SSSR count). The Bertz CT molecular complexity index is 613. The standard InChI is InChI=1S/C14H19N5/c1-10-9-16-14(17-10)15-8-7-12-11-5-3-4-6-13(11)19(2)18-12/h3-6,10H,7-9H2,1-2H3,(H2,15,16,17). The van der Waals surface area contributed by atoms with E-state index in [-0.39, 0.29) is 0 Å². The number of nitrogens with zero attached hydrogens (tertiary/aromatic N) is 3. The van der Waals surface area contributed by atoms with Gasteiger partial charge in [-0.05, 0) is 13.0 Å². The van der Waals surface area contributed by atoms with Gasteiger partial charge in [0.1, 0.15) is 0 Å². The van der Waals surface area contributed by atoms with Crippen LogP contribution < -0.4 is 10.6 Å². The Morgan fingerprint density at radius 1 is 1.42 bits per heavy atom. The Balaban J connectivity index is 1.66. The van der Waals surface area contributed by atoms with Gasteiger partial charge in [0, 0.05) is 31.4 Å². The van der Waals surface area contributed by atoms with Gasteiger partial charge in [-0.1, -0.05) is 18.2 Å². The number of hydrogen-bond acceptors (Lipinski definition) is 4. The third kappa shape index (κ3) is 2.41. The van der Waals surface area contributed by atoms with Crippen molar-refractivity contribution in [2.24, 2.45) is 12.0 Å². The SMILES string of the molecule is CC1CN=C(NCCc2nn(C)c3ccccc23)N1. The summed E-state index contributed by atoms with van der Waals surface area (Å²) >= 11 is 0. The van der Waals surface area contributed by atoms with Crippen molar-refractivity contribution in [2.45, 2.75) is 19.4 Å². The van der Waals surface area contributed by atoms with Crippen molar-refractivity contribution >= 4 is 16.9 Å². The molecule has 0 bridgehead atoms. The van der Waals surface area contributed by atoms with Gasteiger partial charge in [0.25, 0.3) is 0 Å². The smallest absolute Gasteiger partial charge is 0.191 e. The van der Waals surface area contributed by atoms with E-state index in [1.165, 1.54) is 10.9 Å². The number of nitrogens with one attached hydrogen (secondary N) is 2. The van der Waals surface area contributed by atoms with Gasteiger partial charge < -0.3 is 10.6 Å². The fourth-order valence-corrected chi connectivity index (χ4v) is 2.43. The molecule has 100 valence electrons. The average Bonchev–Trinajstić information content (AvgIpc) is 2.96. The van der Waals surface area contributed by atoms with E-state index in [0.717, 1.165) is 31.2 Å². The number of rotatable bonds is 3. The maximum absolute atomic E-state index is 4.59. The average molecular weight is 257 g/mol. The number of aromatic nitrogens is 2. The van der Waals surface area contributed by atoms with Crippen LogP contribution in [-0.4, -0.2) is 34.9 Å². The van der Waals surface area contributed by atoms with Crippen LogP contribution in [0.15, 0.2) is 29.3 Å². The number of para-hydroxylation sites is 1. The molecule has 1 aromatic heterocycles. The normalized spacial score (nSPS) is 18.4. The van der Waals surface area contributed by atoms with E-state index in [4.69, 9.17) is 0 Å². The summed E-state index contributed by atoms with van der Waals surface area (Å²) in [7, 11) is 1.99. The first-order chi connectivity index (χ1) is 9.24. The van der Waals surface area contributed by atoms with Crippen molar-refractivity contribution in [1.82, 2.24) is 20.4 Å². The molecule has 0 amide bonds. The van der Waals surface area contributed by atoms with Crippen molar-refractivity contribution in [3.8, 4) is 0 Å². The molecule has 19 heavy (non-hydrogen) atoms. The highest BCUT2D eigenvalue weighted by molar-refractivity contribution is 5.83. The second kappa shape index (κ2) is 4.91. The first-order valence-electron chi connectivity index (χ1n) is 6.69. The van der Waals surface area contributed by atoms with Gasteiger partial charge in [0.2, 0.25) is 0 Å². The van der Waals surface area contributed by atoms with E-state index < -0.39 is 0 Å². The van der Waals surface area contributed by atoms with Crippen molar-refractivity contribution in [3.05, 3.63) is 30.0 Å². The van der Waals surface area contributed by atoms with Gasteiger partial charge in [-0.15, -0.1) is 0 Å². The third-order valence-corrected chi connectivity index (χ3v) is 3.39. The molecule has 0 saturated heterocycles. The van der Waals surface area contributed by atoms with Crippen molar-refractivity contribution in [2.75, 3.05) is 13.1 Å². The molecule has 2 heterocycles. The maximum atomic E-state index is 4.59. The Labute approximate surface area is 112 Å². The number of fused-ring (bicyclic) bond motifs is 1. The van der Waals surface area contributed by atoms with Gasteiger partial charge in [-0.25, -0.2) is 0 Å². The molecule has 2 aromatic rings. The highest BCUT2D eigenvalue weighted by Crippen LogP contribution is 2.17. The monoisotopic (exact) mass is 257 g/mol. The number of guanidine groups is 1. The summed E-state index contributed by atoms with van der Waals surface area (Å²) < 4.78 is 1.94. The van der Waals surface area contributed by atoms with Gasteiger partial charge in [-0.2, -0.15) is 5.10 Å². The lowest BCUT2D eigenvalue weighted by Crippen LogP contribution is -2.38. The van der Waals surface area contributed by atoms with Crippen LogP contribution in [0.3, 0.4) is 0 Å². The zero-order valence-electron chi connectivity index (χ0n) is 11.3. The molecule has 1 aliphatic rings. The van der Waals surface area contributed by atoms with Gasteiger partial charge >= 0.3 is 0 Å². The summed E-state index contributed by atoms with van der Waals surface area (Å²) in [5.41, 5.74) is 2.32. The predicted octanol–water partition coefficient (Wildman–Crippen LogP) is 1.05. The zero-order valence-corrected chi connectivity index (χ0v) is 11.3. The number of benzene rings is 1. The predicted molar refractivity (Wildman–Crippen MR) is 77.3 cm³/mol. The fraction of sp³-hybridized carbons (Fsp3) is 0.429. The quantitative estimate of drug-likeness (QED) is 0.864. The molecule has 0 saturated carbocycles. The van der Waals surface area contributed by atoms with Crippen molar-refractivity contribution < 1.29 is 0 Å². The molecule has 5 heteroatoms. The summed E-state index contributed by atoms with van der Waals surface area (Å²) in [6, 6.07) is 8.78. The number of hydrogen-bond donors (Lipinski definition) is 2. The van der Waals surface area contributed by atoms with Gasteiger partial charge in [0.05, 0.1) is 17.8 Å². The lowest BCUT2D eigenvalue weighted by Gasteiger charge is -2.07. The van der Waals surface area contributed by atoms with Crippen LogP contribution >= 0.6 is 0 Å². The molecule has 1 unspecified atom stereocenters. The maximum Gasteiger partial charge on any atom is 0.191 e. The largest absolute Gasteiger partial charge is 0.356 e. The van der Waals surface area contributed by atoms with Gasteiger partial charge in [-0.3, -0.25) is 9.67 Å². The third-order valence-electron chi connectivity index (χ3n) is 3.39. The molecule has 0 fully saturated rings. The van der Waals surface area contributed by atoms with E-state index in [2.05, 4.69) is 45.8 Å². The molecule has 0 spiro atoms. The van der Waals surface area contributed by atoms with Crippen molar-refractivity contribution in [1.29, 1.82) is 0 Å². The highest BCUT2D eigenvalue weighted by Gasteiger charge is 2.12. The summed E-state index contributed by atoms with van der Waals surface area (Å²) in [6.45, 7) is 3.83. The van der Waals surface area contributed by atoms with Crippen LogP contribution in [0.25, 0.3) is 10.9 Å². The second-order valence-corrected chi connectivity index (χ2v) is 5.00. The van der Waals surface area contributed by atoms with E-state index in [1.54, 1.807) is 0 Å². The molecule has 1 atom stereocenters. The number of aliphatic imine (C=N–C) groups is 1. The fourth-order valence-electron chi connectivity index (χ4n) is 2.43. The van der Waals surface area contributed by atoms with Crippen LogP contribution in [0.2, 0.25) is 0 Å². The number of aryl methyl sites for hydroxylation is 1. The van der Waals surface area contributed by atoms with Crippen LogP contribution in [0.1, 0.15) is 12.6 Å². The first kappa shape index (κ1) is 12.0. The minimum absolute atomic E-state index is 0.443. The van der Waals surface area contributed by atoms with E-state index in [1.807, 2.05) is 17.8 Å². The minimum Gasteiger partial charge on any atom is -0.356 e. The van der Waals surface area contributed by atoms with Gasteiger partial charge in [0.15, 0.2) is 5.96 Å². The summed E-state index contributed by atoms with van der Waals surface area (Å²) in [5.74, 6) is 0.910. The van der Waals surface area contributed by atoms with E-state index in [0.29, 0.717) is 6.04 Å². The van der Waals surface area contributed by atoms with Crippen LogP contribution in [0, 0.1) is 0 Å². The highest BCUT2D eigenvalue weighted by atomic mass is 15.3. The molecule has 0 aliphatic carbocycles. The summed E-state index contributed by atoms with van der Waals surface area (Å²) in [5, 5.41) is 12.4. The molecular formula is C14H19N5. The zero-order chi connectivity index (χ0) is 13.2. The van der Waals surface area contributed by atoms with Crippen LogP contribution in [-0.2, 0) is 13.5 Å². The van der Waals surface area contributed by atoms with Crippen LogP contribution in [0.5, 0.6) is 0 Å². The van der Waals surface area contributed by atoms with Crippen molar-refractivity contribution in [3.63, 3.8) is 0 Å². The Kier molecular flexibility index (Phi) is 3.11. The summed E-state index contributed by atoms with van der Waals surface area (Å²) in [6.07, 6.45) is 0.899. The molecule has 5 nitrogen and oxygen atoms in total. The van der Waals surface area contributed by atoms with Crippen LogP contribution in [0.4, 0.5) is 0 Å². The Morgan fingerprint density at radius 3 is 3.05 bits per heavy atom. The molecule has 1 aliphatic heterocycles. The lowest BCUT2D eigenvalue weighted by molar-refractivity contribution is 0.708. The Hall–Kier alpha value is -2.04. The minimum atomic E-state index is 0.443. The summed E-state index contributed by atoms with van der Waals surface area (Å²) in [4.78, 5) is 4.38. The Morgan fingerprint density at radius 2 is 2.26 bits per heavy atom.